The van der Waals surface area contributed by atoms with E-state index in [0.29, 0.717) is 13.1 Å². The maximum Gasteiger partial charge on any atom is 0.266 e. The number of amides is 1. The van der Waals surface area contributed by atoms with Gasteiger partial charge in [0.05, 0.1) is 19.1 Å². The Kier molecular flexibility index (Phi) is 5.79. The van der Waals surface area contributed by atoms with Crippen LogP contribution in [0.5, 0.6) is 0 Å². The summed E-state index contributed by atoms with van der Waals surface area (Å²) in [6, 6.07) is 10.2. The molecule has 0 N–H and O–H groups in total. The number of rotatable bonds is 4. The second-order valence-electron chi connectivity index (χ2n) is 6.59. The number of ether oxygens (including phenoxy) is 1. The van der Waals surface area contributed by atoms with Crippen LogP contribution in [-0.4, -0.2) is 61.0 Å². The van der Waals surface area contributed by atoms with Gasteiger partial charge >= 0.3 is 0 Å². The van der Waals surface area contributed by atoms with Crippen LogP contribution in [0.1, 0.15) is 18.4 Å². The largest absolute Gasteiger partial charge is 0.369 e. The second-order valence-corrected chi connectivity index (χ2v) is 6.59. The Morgan fingerprint density at radius 3 is 2.75 bits per heavy atom. The fourth-order valence-electron chi connectivity index (χ4n) is 3.53. The van der Waals surface area contributed by atoms with Crippen molar-refractivity contribution in [2.24, 2.45) is 5.92 Å². The summed E-state index contributed by atoms with van der Waals surface area (Å²) in [6.07, 6.45) is -1.89. The van der Waals surface area contributed by atoms with E-state index in [0.717, 1.165) is 25.9 Å². The molecule has 6 heteroatoms. The fraction of sp³-hybridized carbons (Fsp3) is 0.611. The summed E-state index contributed by atoms with van der Waals surface area (Å²) < 4.78 is 30.7. The summed E-state index contributed by atoms with van der Waals surface area (Å²) in [7, 11) is 0. The van der Waals surface area contributed by atoms with Crippen molar-refractivity contribution in [3.8, 4) is 0 Å². The number of benzene rings is 1. The van der Waals surface area contributed by atoms with E-state index in [1.165, 1.54) is 5.56 Å². The van der Waals surface area contributed by atoms with Crippen molar-refractivity contribution in [1.82, 2.24) is 9.80 Å². The van der Waals surface area contributed by atoms with E-state index >= 15 is 0 Å². The van der Waals surface area contributed by atoms with Crippen LogP contribution >= 0.6 is 0 Å². The Balaban J connectivity index is 1.56. The highest BCUT2D eigenvalue weighted by Crippen LogP contribution is 2.22. The van der Waals surface area contributed by atoms with Crippen LogP contribution in [-0.2, 0) is 16.1 Å². The van der Waals surface area contributed by atoms with E-state index in [1.807, 2.05) is 18.2 Å². The Labute approximate surface area is 141 Å². The highest BCUT2D eigenvalue weighted by molar-refractivity contribution is 5.79. The van der Waals surface area contributed by atoms with E-state index in [-0.39, 0.29) is 25.0 Å². The molecule has 0 bridgehead atoms. The van der Waals surface area contributed by atoms with Crippen molar-refractivity contribution in [2.45, 2.75) is 31.9 Å². The van der Waals surface area contributed by atoms with Crippen LogP contribution < -0.4 is 0 Å². The molecule has 0 spiro atoms. The van der Waals surface area contributed by atoms with Gasteiger partial charge < -0.3 is 9.64 Å². The summed E-state index contributed by atoms with van der Waals surface area (Å²) >= 11 is 0. The molecule has 24 heavy (non-hydrogen) atoms. The molecule has 132 valence electrons. The lowest BCUT2D eigenvalue weighted by Crippen LogP contribution is -2.52. The predicted molar refractivity (Wildman–Crippen MR) is 86.8 cm³/mol. The van der Waals surface area contributed by atoms with Crippen LogP contribution in [0.15, 0.2) is 30.3 Å². The molecule has 0 saturated carbocycles. The third-order valence-corrected chi connectivity index (χ3v) is 4.79. The van der Waals surface area contributed by atoms with Crippen molar-refractivity contribution in [3.63, 3.8) is 0 Å². The topological polar surface area (TPSA) is 32.8 Å². The van der Waals surface area contributed by atoms with Gasteiger partial charge in [0.2, 0.25) is 5.91 Å². The Bertz CT molecular complexity index is 541. The molecule has 0 radical (unpaired) electrons. The van der Waals surface area contributed by atoms with E-state index in [1.54, 1.807) is 4.90 Å². The van der Waals surface area contributed by atoms with Gasteiger partial charge in [0.25, 0.3) is 6.43 Å². The van der Waals surface area contributed by atoms with Crippen molar-refractivity contribution < 1.29 is 18.3 Å². The Hall–Kier alpha value is -1.53. The molecule has 2 saturated heterocycles. The fourth-order valence-corrected chi connectivity index (χ4v) is 3.53. The maximum atomic E-state index is 12.8. The first-order chi connectivity index (χ1) is 11.6. The van der Waals surface area contributed by atoms with Crippen LogP contribution in [0.4, 0.5) is 8.78 Å². The third kappa shape index (κ3) is 4.30. The Morgan fingerprint density at radius 1 is 1.21 bits per heavy atom. The van der Waals surface area contributed by atoms with Crippen LogP contribution in [0.25, 0.3) is 0 Å². The van der Waals surface area contributed by atoms with Gasteiger partial charge in [-0.15, -0.1) is 0 Å². The molecule has 1 amide bonds. The van der Waals surface area contributed by atoms with E-state index in [4.69, 9.17) is 4.74 Å². The number of hydrogen-bond acceptors (Lipinski definition) is 3. The first-order valence-corrected chi connectivity index (χ1v) is 8.58. The molecule has 4 nitrogen and oxygen atoms in total. The van der Waals surface area contributed by atoms with Crippen LogP contribution in [0, 0.1) is 5.92 Å². The summed E-state index contributed by atoms with van der Waals surface area (Å²) in [4.78, 5) is 16.6. The monoisotopic (exact) mass is 338 g/mol. The summed E-state index contributed by atoms with van der Waals surface area (Å²) in [5, 5.41) is 0. The van der Waals surface area contributed by atoms with Gasteiger partial charge in [-0.2, -0.15) is 0 Å². The molecule has 1 aromatic rings. The number of alkyl halides is 2. The molecule has 0 aromatic heterocycles. The van der Waals surface area contributed by atoms with Crippen molar-refractivity contribution >= 4 is 5.91 Å². The highest BCUT2D eigenvalue weighted by atomic mass is 19.3. The molecule has 2 unspecified atom stereocenters. The molecular weight excluding hydrogens is 314 g/mol. The molecule has 2 heterocycles. The van der Waals surface area contributed by atoms with Crippen molar-refractivity contribution in [2.75, 3.05) is 32.8 Å². The van der Waals surface area contributed by atoms with Crippen molar-refractivity contribution in [3.05, 3.63) is 35.9 Å². The molecule has 3 rings (SSSR count). The number of halogens is 2. The lowest BCUT2D eigenvalue weighted by Gasteiger charge is -2.38. The number of likely N-dealkylation sites (tertiary alicyclic amines) is 1. The van der Waals surface area contributed by atoms with Crippen molar-refractivity contribution in [1.29, 1.82) is 0 Å². The first kappa shape index (κ1) is 17.3. The SMILES string of the molecule is O=C(C1CCCN(Cc2ccccc2)C1)N1CCOC(C(F)F)C1. The van der Waals surface area contributed by atoms with E-state index < -0.39 is 12.5 Å². The van der Waals surface area contributed by atoms with Crippen LogP contribution in [0.2, 0.25) is 0 Å². The average molecular weight is 338 g/mol. The van der Waals surface area contributed by atoms with E-state index in [2.05, 4.69) is 17.0 Å². The van der Waals surface area contributed by atoms with Gasteiger partial charge in [-0.3, -0.25) is 9.69 Å². The standard InChI is InChI=1S/C18H24F2N2O2/c19-17(20)16-13-22(9-10-24-16)18(23)15-7-4-8-21(12-15)11-14-5-2-1-3-6-14/h1-3,5-6,15-17H,4,7-13H2. The highest BCUT2D eigenvalue weighted by Gasteiger charge is 2.34. The number of hydrogen-bond donors (Lipinski definition) is 0. The smallest absolute Gasteiger partial charge is 0.266 e. The number of piperidine rings is 1. The third-order valence-electron chi connectivity index (χ3n) is 4.79. The predicted octanol–water partition coefficient (Wildman–Crippen LogP) is 2.39. The van der Waals surface area contributed by atoms with Gasteiger partial charge in [-0.1, -0.05) is 30.3 Å². The van der Waals surface area contributed by atoms with Gasteiger partial charge in [0.1, 0.15) is 6.10 Å². The molecule has 0 aliphatic carbocycles. The zero-order valence-electron chi connectivity index (χ0n) is 13.7. The number of carbonyl (C=O) groups excluding carboxylic acids is 1. The zero-order chi connectivity index (χ0) is 16.9. The molecule has 1 aromatic carbocycles. The molecule has 2 atom stereocenters. The summed E-state index contributed by atoms with van der Waals surface area (Å²) in [6.45, 7) is 3.11. The summed E-state index contributed by atoms with van der Waals surface area (Å²) in [5.74, 6) is -0.0967. The lowest BCUT2D eigenvalue weighted by molar-refractivity contribution is -0.152. The van der Waals surface area contributed by atoms with Gasteiger partial charge in [-0.05, 0) is 24.9 Å². The lowest BCUT2D eigenvalue weighted by atomic mass is 9.95. The minimum atomic E-state index is -2.54. The zero-order valence-corrected chi connectivity index (χ0v) is 13.7. The quantitative estimate of drug-likeness (QED) is 0.845. The number of morpholine rings is 1. The number of nitrogens with zero attached hydrogens (tertiary/aromatic N) is 2. The molecule has 2 aliphatic heterocycles. The average Bonchev–Trinajstić information content (AvgIpc) is 2.62. The Morgan fingerprint density at radius 2 is 2.00 bits per heavy atom. The maximum absolute atomic E-state index is 12.8. The first-order valence-electron chi connectivity index (χ1n) is 8.58. The van der Waals surface area contributed by atoms with E-state index in [9.17, 15) is 13.6 Å². The number of carbonyl (C=O) groups is 1. The molecule has 2 aliphatic rings. The molecule has 2 fully saturated rings. The van der Waals surface area contributed by atoms with Gasteiger partial charge in [0, 0.05) is 19.6 Å². The minimum absolute atomic E-state index is 0.00158. The van der Waals surface area contributed by atoms with Gasteiger partial charge in [-0.25, -0.2) is 8.78 Å². The van der Waals surface area contributed by atoms with Crippen LogP contribution in [0.3, 0.4) is 0 Å². The molecular formula is C18H24F2N2O2. The second kappa shape index (κ2) is 8.03. The van der Waals surface area contributed by atoms with Gasteiger partial charge in [0.15, 0.2) is 0 Å². The summed E-state index contributed by atoms with van der Waals surface area (Å²) in [5.41, 5.74) is 1.23. The minimum Gasteiger partial charge on any atom is -0.369 e. The normalized spacial score (nSPS) is 25.9.